The molecule has 0 fully saturated rings. The van der Waals surface area contributed by atoms with E-state index in [1.807, 2.05) is 48.5 Å². The van der Waals surface area contributed by atoms with Crippen molar-refractivity contribution in [1.82, 2.24) is 0 Å². The molecular formula is C20H17NO4. The molecule has 0 bridgehead atoms. The summed E-state index contributed by atoms with van der Waals surface area (Å²) in [7, 11) is 3.05. The molecule has 1 aliphatic rings. The third-order valence-corrected chi connectivity index (χ3v) is 4.37. The van der Waals surface area contributed by atoms with Crippen molar-refractivity contribution >= 4 is 22.4 Å². The molecule has 5 heteroatoms. The van der Waals surface area contributed by atoms with Crippen molar-refractivity contribution in [3.05, 3.63) is 65.7 Å². The molecule has 0 saturated carbocycles. The number of cyclic esters (lactones) is 1. The van der Waals surface area contributed by atoms with Gasteiger partial charge in [0.15, 0.2) is 11.5 Å². The summed E-state index contributed by atoms with van der Waals surface area (Å²) in [5.41, 5.74) is 2.04. The van der Waals surface area contributed by atoms with Crippen LogP contribution in [0, 0.1) is 0 Å². The third kappa shape index (κ3) is 2.45. The van der Waals surface area contributed by atoms with E-state index in [0.717, 1.165) is 22.0 Å². The molecule has 4 rings (SSSR count). The third-order valence-electron chi connectivity index (χ3n) is 4.37. The Morgan fingerprint density at radius 3 is 2.56 bits per heavy atom. The first-order chi connectivity index (χ1) is 12.2. The first-order valence-corrected chi connectivity index (χ1v) is 7.93. The van der Waals surface area contributed by atoms with Crippen LogP contribution in [-0.2, 0) is 4.74 Å². The van der Waals surface area contributed by atoms with E-state index in [9.17, 15) is 4.79 Å². The smallest absolute Gasteiger partial charge is 0.344 e. The lowest BCUT2D eigenvalue weighted by Crippen LogP contribution is -2.10. The first-order valence-electron chi connectivity index (χ1n) is 7.93. The average molecular weight is 335 g/mol. The molecule has 126 valence electrons. The quantitative estimate of drug-likeness (QED) is 0.726. The molecule has 1 aliphatic heterocycles. The number of ether oxygens (including phenoxy) is 3. The van der Waals surface area contributed by atoms with E-state index in [2.05, 4.69) is 5.32 Å². The molecule has 0 spiro atoms. The van der Waals surface area contributed by atoms with Gasteiger partial charge in [-0.15, -0.1) is 0 Å². The number of hydrogen-bond acceptors (Lipinski definition) is 5. The van der Waals surface area contributed by atoms with E-state index >= 15 is 0 Å². The van der Waals surface area contributed by atoms with E-state index in [4.69, 9.17) is 14.2 Å². The van der Waals surface area contributed by atoms with E-state index in [0.29, 0.717) is 17.1 Å². The van der Waals surface area contributed by atoms with Crippen LogP contribution in [0.25, 0.3) is 10.8 Å². The minimum Gasteiger partial charge on any atom is -0.493 e. The number of benzene rings is 3. The molecule has 1 atom stereocenters. The summed E-state index contributed by atoms with van der Waals surface area (Å²) in [6.45, 7) is 0. The predicted octanol–water partition coefficient (Wildman–Crippen LogP) is 4.14. The van der Waals surface area contributed by atoms with Crippen molar-refractivity contribution in [2.24, 2.45) is 0 Å². The predicted molar refractivity (Wildman–Crippen MR) is 95.3 cm³/mol. The normalized spacial score (nSPS) is 15.6. The Bertz CT molecular complexity index is 962. The zero-order valence-corrected chi connectivity index (χ0v) is 13.9. The number of esters is 1. The number of rotatable bonds is 4. The second-order valence-corrected chi connectivity index (χ2v) is 5.72. The van der Waals surface area contributed by atoms with E-state index in [1.54, 1.807) is 6.07 Å². The zero-order chi connectivity index (χ0) is 17.4. The Morgan fingerprint density at radius 1 is 0.960 bits per heavy atom. The zero-order valence-electron chi connectivity index (χ0n) is 13.9. The van der Waals surface area contributed by atoms with Crippen LogP contribution in [0.3, 0.4) is 0 Å². The fourth-order valence-electron chi connectivity index (χ4n) is 3.20. The van der Waals surface area contributed by atoms with Crippen LogP contribution in [0.1, 0.15) is 22.1 Å². The molecule has 0 aliphatic carbocycles. The second-order valence-electron chi connectivity index (χ2n) is 5.72. The summed E-state index contributed by atoms with van der Waals surface area (Å²) in [6, 6.07) is 17.6. The van der Waals surface area contributed by atoms with Crippen molar-refractivity contribution in [3.8, 4) is 11.5 Å². The van der Waals surface area contributed by atoms with Gasteiger partial charge in [-0.3, -0.25) is 0 Å². The summed E-state index contributed by atoms with van der Waals surface area (Å²) in [5.74, 6) is 0.472. The number of carbonyl (C=O) groups excluding carboxylic acids is 1. The van der Waals surface area contributed by atoms with Gasteiger partial charge in [0.25, 0.3) is 0 Å². The van der Waals surface area contributed by atoms with E-state index < -0.39 is 12.2 Å². The Morgan fingerprint density at radius 2 is 1.76 bits per heavy atom. The van der Waals surface area contributed by atoms with Crippen LogP contribution in [0.15, 0.2) is 54.6 Å². The SMILES string of the molecule is COc1ccc2c(c1OC)C(=O)OC2Nc1cccc2ccccc12. The number of methoxy groups -OCH3 is 2. The number of fused-ring (bicyclic) bond motifs is 2. The monoisotopic (exact) mass is 335 g/mol. The first kappa shape index (κ1) is 15.3. The highest BCUT2D eigenvalue weighted by Crippen LogP contribution is 2.42. The average Bonchev–Trinajstić information content (AvgIpc) is 2.97. The lowest BCUT2D eigenvalue weighted by molar-refractivity contribution is 0.0435. The van der Waals surface area contributed by atoms with Gasteiger partial charge in [0.2, 0.25) is 6.23 Å². The molecule has 1 heterocycles. The lowest BCUT2D eigenvalue weighted by Gasteiger charge is -2.16. The van der Waals surface area contributed by atoms with Crippen LogP contribution in [-0.4, -0.2) is 20.2 Å². The summed E-state index contributed by atoms with van der Waals surface area (Å²) >= 11 is 0. The van der Waals surface area contributed by atoms with Gasteiger partial charge in [0.1, 0.15) is 5.56 Å². The van der Waals surface area contributed by atoms with E-state index in [-0.39, 0.29) is 0 Å². The maximum absolute atomic E-state index is 12.4. The summed E-state index contributed by atoms with van der Waals surface area (Å²) in [5, 5.41) is 5.50. The fourth-order valence-corrected chi connectivity index (χ4v) is 3.20. The van der Waals surface area contributed by atoms with Crippen LogP contribution >= 0.6 is 0 Å². The number of hydrogen-bond donors (Lipinski definition) is 1. The molecule has 1 N–H and O–H groups in total. The highest BCUT2D eigenvalue weighted by atomic mass is 16.6. The summed E-state index contributed by atoms with van der Waals surface area (Å²) in [6.07, 6.45) is -0.576. The van der Waals surface area contributed by atoms with Crippen LogP contribution in [0.4, 0.5) is 5.69 Å². The molecule has 0 saturated heterocycles. The van der Waals surface area contributed by atoms with Gasteiger partial charge in [-0.1, -0.05) is 36.4 Å². The Balaban J connectivity index is 1.76. The summed E-state index contributed by atoms with van der Waals surface area (Å²) < 4.78 is 16.2. The van der Waals surface area contributed by atoms with Gasteiger partial charge in [0.05, 0.1) is 14.2 Å². The maximum Gasteiger partial charge on any atom is 0.344 e. The standard InChI is InChI=1S/C20H17NO4/c1-23-16-11-10-14-17(18(16)24-2)20(22)25-19(14)21-15-9-5-7-12-6-3-4-8-13(12)15/h3-11,19,21H,1-2H3. The molecule has 3 aromatic rings. The Hall–Kier alpha value is -3.21. The van der Waals surface area contributed by atoms with Crippen molar-refractivity contribution in [1.29, 1.82) is 0 Å². The van der Waals surface area contributed by atoms with Crippen LogP contribution < -0.4 is 14.8 Å². The molecule has 0 radical (unpaired) electrons. The molecule has 0 amide bonds. The van der Waals surface area contributed by atoms with Crippen LogP contribution in [0.5, 0.6) is 11.5 Å². The minimum atomic E-state index is -0.576. The molecule has 1 unspecified atom stereocenters. The van der Waals surface area contributed by atoms with Crippen LogP contribution in [0.2, 0.25) is 0 Å². The topological polar surface area (TPSA) is 56.8 Å². The molecule has 5 nitrogen and oxygen atoms in total. The van der Waals surface area contributed by atoms with E-state index in [1.165, 1.54) is 14.2 Å². The van der Waals surface area contributed by atoms with Gasteiger partial charge in [-0.25, -0.2) is 4.79 Å². The van der Waals surface area contributed by atoms with Crippen molar-refractivity contribution in [2.75, 3.05) is 19.5 Å². The molecule has 3 aromatic carbocycles. The van der Waals surface area contributed by atoms with Gasteiger partial charge >= 0.3 is 5.97 Å². The van der Waals surface area contributed by atoms with Gasteiger partial charge in [-0.2, -0.15) is 0 Å². The van der Waals surface area contributed by atoms with Gasteiger partial charge in [-0.05, 0) is 23.6 Å². The Kier molecular flexibility index (Phi) is 3.69. The maximum atomic E-state index is 12.4. The summed E-state index contributed by atoms with van der Waals surface area (Å²) in [4.78, 5) is 12.4. The second kappa shape index (κ2) is 6.02. The lowest BCUT2D eigenvalue weighted by atomic mass is 10.1. The Labute approximate surface area is 145 Å². The highest BCUT2D eigenvalue weighted by Gasteiger charge is 2.36. The number of nitrogens with one attached hydrogen (secondary N) is 1. The molecular weight excluding hydrogens is 318 g/mol. The molecule has 0 aromatic heterocycles. The highest BCUT2D eigenvalue weighted by molar-refractivity contribution is 5.99. The van der Waals surface area contributed by atoms with Gasteiger partial charge in [0, 0.05) is 16.6 Å². The van der Waals surface area contributed by atoms with Crippen molar-refractivity contribution in [2.45, 2.75) is 6.23 Å². The number of anilines is 1. The van der Waals surface area contributed by atoms with Gasteiger partial charge < -0.3 is 19.5 Å². The van der Waals surface area contributed by atoms with Crippen molar-refractivity contribution < 1.29 is 19.0 Å². The largest absolute Gasteiger partial charge is 0.493 e. The fraction of sp³-hybridized carbons (Fsp3) is 0.150. The number of carbonyl (C=O) groups is 1. The molecule has 25 heavy (non-hydrogen) atoms. The minimum absolute atomic E-state index is 0.396. The van der Waals surface area contributed by atoms with Crippen molar-refractivity contribution in [3.63, 3.8) is 0 Å².